The van der Waals surface area contributed by atoms with E-state index in [0.717, 1.165) is 12.1 Å². The second-order valence-corrected chi connectivity index (χ2v) is 5.23. The van der Waals surface area contributed by atoms with E-state index in [4.69, 9.17) is 16.9 Å². The number of ether oxygens (including phenoxy) is 1. The van der Waals surface area contributed by atoms with E-state index in [2.05, 4.69) is 10.1 Å². The molecule has 1 unspecified atom stereocenters. The maximum absolute atomic E-state index is 12.1. The van der Waals surface area contributed by atoms with E-state index in [0.29, 0.717) is 16.8 Å². The lowest BCUT2D eigenvalue weighted by Crippen LogP contribution is -2.17. The van der Waals surface area contributed by atoms with Gasteiger partial charge in [-0.05, 0) is 35.9 Å². The van der Waals surface area contributed by atoms with Crippen molar-refractivity contribution in [3.05, 3.63) is 58.6 Å². The van der Waals surface area contributed by atoms with Crippen LogP contribution < -0.4 is 10.1 Å². The van der Waals surface area contributed by atoms with Crippen molar-refractivity contribution in [1.82, 2.24) is 0 Å². The van der Waals surface area contributed by atoms with Gasteiger partial charge in [0.05, 0.1) is 16.7 Å². The molecule has 0 aliphatic rings. The maximum atomic E-state index is 12.1. The van der Waals surface area contributed by atoms with Crippen LogP contribution in [0.1, 0.15) is 17.2 Å². The number of anilines is 1. The molecule has 2 aromatic rings. The fourth-order valence-corrected chi connectivity index (χ4v) is 2.16. The standard InChI is InChI=1S/C16H12ClF3N2O2/c17-14-7-12(4-1-11(14)8-21)22-9-15(23)10-2-5-13(6-3-10)24-16(18,19)20/h1-7,15,22-23H,9H2. The van der Waals surface area contributed by atoms with Crippen LogP contribution in [0.15, 0.2) is 42.5 Å². The van der Waals surface area contributed by atoms with Crippen LogP contribution in [0.25, 0.3) is 0 Å². The summed E-state index contributed by atoms with van der Waals surface area (Å²) >= 11 is 5.90. The molecule has 126 valence electrons. The first-order chi connectivity index (χ1) is 11.3. The summed E-state index contributed by atoms with van der Waals surface area (Å²) in [6, 6.07) is 11.6. The Hall–Kier alpha value is -2.43. The third-order valence-electron chi connectivity index (χ3n) is 3.09. The van der Waals surface area contributed by atoms with Gasteiger partial charge in [0.1, 0.15) is 11.8 Å². The Labute approximate surface area is 141 Å². The first-order valence-corrected chi connectivity index (χ1v) is 7.13. The molecule has 0 aliphatic carbocycles. The zero-order valence-electron chi connectivity index (χ0n) is 12.1. The number of aliphatic hydroxyl groups is 1. The van der Waals surface area contributed by atoms with Crippen molar-refractivity contribution in [3.8, 4) is 11.8 Å². The number of hydrogen-bond acceptors (Lipinski definition) is 4. The number of rotatable bonds is 5. The number of nitriles is 1. The summed E-state index contributed by atoms with van der Waals surface area (Å²) in [5.74, 6) is -0.356. The van der Waals surface area contributed by atoms with Gasteiger partial charge in [0.2, 0.25) is 0 Å². The van der Waals surface area contributed by atoms with Crippen molar-refractivity contribution in [2.45, 2.75) is 12.5 Å². The Morgan fingerprint density at radius 1 is 1.21 bits per heavy atom. The molecule has 0 aromatic heterocycles. The third-order valence-corrected chi connectivity index (χ3v) is 3.40. The van der Waals surface area contributed by atoms with E-state index in [1.165, 1.54) is 12.1 Å². The van der Waals surface area contributed by atoms with Crippen LogP contribution in [0.4, 0.5) is 18.9 Å². The summed E-state index contributed by atoms with van der Waals surface area (Å²) in [5.41, 5.74) is 1.37. The number of benzene rings is 2. The minimum atomic E-state index is -4.75. The molecule has 0 aliphatic heterocycles. The summed E-state index contributed by atoms with van der Waals surface area (Å²) < 4.78 is 40.0. The minimum absolute atomic E-state index is 0.113. The molecular formula is C16H12ClF3N2O2. The highest BCUT2D eigenvalue weighted by Crippen LogP contribution is 2.25. The van der Waals surface area contributed by atoms with E-state index >= 15 is 0 Å². The molecule has 0 amide bonds. The van der Waals surface area contributed by atoms with Gasteiger partial charge in [0, 0.05) is 12.2 Å². The van der Waals surface area contributed by atoms with Crippen LogP contribution in [-0.2, 0) is 0 Å². The zero-order valence-corrected chi connectivity index (χ0v) is 12.9. The molecule has 4 nitrogen and oxygen atoms in total. The minimum Gasteiger partial charge on any atom is -0.406 e. The molecule has 2 rings (SSSR count). The van der Waals surface area contributed by atoms with Crippen molar-refractivity contribution >= 4 is 17.3 Å². The van der Waals surface area contributed by atoms with Gasteiger partial charge in [-0.1, -0.05) is 23.7 Å². The molecule has 0 saturated carbocycles. The van der Waals surface area contributed by atoms with Gasteiger partial charge < -0.3 is 15.2 Å². The highest BCUT2D eigenvalue weighted by molar-refractivity contribution is 6.32. The summed E-state index contributed by atoms with van der Waals surface area (Å²) in [6.07, 6.45) is -5.70. The molecule has 0 saturated heterocycles. The van der Waals surface area contributed by atoms with Crippen LogP contribution in [0.3, 0.4) is 0 Å². The van der Waals surface area contributed by atoms with Crippen molar-refractivity contribution in [2.24, 2.45) is 0 Å². The fourth-order valence-electron chi connectivity index (χ4n) is 1.94. The predicted octanol–water partition coefficient (Wildman–Crippen LogP) is 4.26. The van der Waals surface area contributed by atoms with E-state index in [9.17, 15) is 18.3 Å². The van der Waals surface area contributed by atoms with Crippen molar-refractivity contribution < 1.29 is 23.0 Å². The number of halogens is 4. The fraction of sp³-hybridized carbons (Fsp3) is 0.188. The van der Waals surface area contributed by atoms with E-state index in [1.807, 2.05) is 6.07 Å². The Bertz CT molecular complexity index is 742. The predicted molar refractivity (Wildman–Crippen MR) is 82.7 cm³/mol. The monoisotopic (exact) mass is 356 g/mol. The Morgan fingerprint density at radius 3 is 2.42 bits per heavy atom. The smallest absolute Gasteiger partial charge is 0.406 e. The average Bonchev–Trinajstić information content (AvgIpc) is 2.52. The molecule has 2 N–H and O–H groups in total. The maximum Gasteiger partial charge on any atom is 0.573 e. The number of hydrogen-bond donors (Lipinski definition) is 2. The van der Waals surface area contributed by atoms with Crippen molar-refractivity contribution in [1.29, 1.82) is 5.26 Å². The molecule has 8 heteroatoms. The molecule has 0 fully saturated rings. The van der Waals surface area contributed by atoms with Crippen LogP contribution in [-0.4, -0.2) is 18.0 Å². The van der Waals surface area contributed by atoms with E-state index in [-0.39, 0.29) is 17.3 Å². The normalized spacial score (nSPS) is 12.3. The largest absolute Gasteiger partial charge is 0.573 e. The molecular weight excluding hydrogens is 345 g/mol. The lowest BCUT2D eigenvalue weighted by molar-refractivity contribution is -0.274. The Balaban J connectivity index is 1.96. The summed E-state index contributed by atoms with van der Waals surface area (Å²) in [6.45, 7) is 0.113. The summed E-state index contributed by atoms with van der Waals surface area (Å²) in [4.78, 5) is 0. The average molecular weight is 357 g/mol. The van der Waals surface area contributed by atoms with Gasteiger partial charge >= 0.3 is 6.36 Å². The molecule has 1 atom stereocenters. The highest BCUT2D eigenvalue weighted by Gasteiger charge is 2.31. The van der Waals surface area contributed by atoms with Crippen LogP contribution >= 0.6 is 11.6 Å². The molecule has 0 bridgehead atoms. The number of aliphatic hydroxyl groups excluding tert-OH is 1. The SMILES string of the molecule is N#Cc1ccc(NCC(O)c2ccc(OC(F)(F)F)cc2)cc1Cl. The first kappa shape index (κ1) is 17.9. The van der Waals surface area contributed by atoms with Gasteiger partial charge in [0.25, 0.3) is 0 Å². The van der Waals surface area contributed by atoms with E-state index in [1.54, 1.807) is 18.2 Å². The van der Waals surface area contributed by atoms with Crippen LogP contribution in [0.2, 0.25) is 5.02 Å². The molecule has 24 heavy (non-hydrogen) atoms. The van der Waals surface area contributed by atoms with Crippen molar-refractivity contribution in [3.63, 3.8) is 0 Å². The van der Waals surface area contributed by atoms with Crippen molar-refractivity contribution in [2.75, 3.05) is 11.9 Å². The topological polar surface area (TPSA) is 65.3 Å². The molecule has 0 heterocycles. The Kier molecular flexibility index (Phi) is 5.54. The summed E-state index contributed by atoms with van der Waals surface area (Å²) in [5, 5.41) is 22.1. The first-order valence-electron chi connectivity index (χ1n) is 6.76. The Morgan fingerprint density at radius 2 is 1.88 bits per heavy atom. The van der Waals surface area contributed by atoms with E-state index < -0.39 is 12.5 Å². The van der Waals surface area contributed by atoms with Gasteiger partial charge in [-0.25, -0.2) is 0 Å². The lowest BCUT2D eigenvalue weighted by Gasteiger charge is -2.14. The molecule has 0 radical (unpaired) electrons. The third kappa shape index (κ3) is 5.05. The van der Waals surface area contributed by atoms with Crippen LogP contribution in [0, 0.1) is 11.3 Å². The molecule has 2 aromatic carbocycles. The van der Waals surface area contributed by atoms with Gasteiger partial charge in [-0.2, -0.15) is 5.26 Å². The quantitative estimate of drug-likeness (QED) is 0.840. The second kappa shape index (κ2) is 7.43. The number of nitrogens with one attached hydrogen (secondary N) is 1. The zero-order chi connectivity index (χ0) is 17.7. The lowest BCUT2D eigenvalue weighted by atomic mass is 10.1. The van der Waals surface area contributed by atoms with Gasteiger partial charge in [-0.3, -0.25) is 0 Å². The summed E-state index contributed by atoms with van der Waals surface area (Å²) in [7, 11) is 0. The highest BCUT2D eigenvalue weighted by atomic mass is 35.5. The van der Waals surface area contributed by atoms with Gasteiger partial charge in [0.15, 0.2) is 0 Å². The van der Waals surface area contributed by atoms with Gasteiger partial charge in [-0.15, -0.1) is 13.2 Å². The van der Waals surface area contributed by atoms with Crippen LogP contribution in [0.5, 0.6) is 5.75 Å². The number of nitrogens with zero attached hydrogens (tertiary/aromatic N) is 1. The molecule has 0 spiro atoms. The second-order valence-electron chi connectivity index (χ2n) is 4.82. The number of alkyl halides is 3.